The second kappa shape index (κ2) is 8.60. The van der Waals surface area contributed by atoms with Crippen LogP contribution in [0, 0.1) is 11.8 Å². The number of para-hydroxylation sites is 1. The molecule has 4 heteroatoms. The van der Waals surface area contributed by atoms with Gasteiger partial charge in [-0.2, -0.15) is 0 Å². The standard InChI is InChI=1S/C29H33NO3/c1-28(22-13-7-4-8-14-22)17-27(31)29(32,23-15-9-10-16-26(23)33-2)25-20-30(19-24(25)28)18-21-11-5-3-6-12-21/h3-16,24-25,27,31-32H,17-20H2,1-2H3. The minimum atomic E-state index is -1.38. The summed E-state index contributed by atoms with van der Waals surface area (Å²) in [6, 6.07) is 28.6. The van der Waals surface area contributed by atoms with Crippen molar-refractivity contribution in [2.75, 3.05) is 20.2 Å². The third-order valence-corrected chi connectivity index (χ3v) is 8.13. The molecule has 1 heterocycles. The first kappa shape index (κ1) is 22.1. The summed E-state index contributed by atoms with van der Waals surface area (Å²) < 4.78 is 5.63. The Bertz CT molecular complexity index is 1090. The fourth-order valence-corrected chi connectivity index (χ4v) is 6.41. The highest BCUT2D eigenvalue weighted by Gasteiger charge is 2.62. The summed E-state index contributed by atoms with van der Waals surface area (Å²) in [6.45, 7) is 4.68. The van der Waals surface area contributed by atoms with Gasteiger partial charge in [-0.25, -0.2) is 0 Å². The highest BCUT2D eigenvalue weighted by atomic mass is 16.5. The number of ether oxygens (including phenoxy) is 1. The Labute approximate surface area is 196 Å². The van der Waals surface area contributed by atoms with Crippen molar-refractivity contribution in [1.82, 2.24) is 4.90 Å². The van der Waals surface area contributed by atoms with Crippen molar-refractivity contribution < 1.29 is 14.9 Å². The van der Waals surface area contributed by atoms with Gasteiger partial charge in [0.1, 0.15) is 11.4 Å². The quantitative estimate of drug-likeness (QED) is 0.616. The van der Waals surface area contributed by atoms with Crippen molar-refractivity contribution in [3.05, 3.63) is 102 Å². The first-order valence-corrected chi connectivity index (χ1v) is 11.8. The SMILES string of the molecule is COc1ccccc1C1(O)C(O)CC(C)(c2ccccc2)C2CN(Cc3ccccc3)CC21. The van der Waals surface area contributed by atoms with Crippen LogP contribution in [0.3, 0.4) is 0 Å². The molecular weight excluding hydrogens is 410 g/mol. The van der Waals surface area contributed by atoms with Gasteiger partial charge < -0.3 is 14.9 Å². The number of fused-ring (bicyclic) bond motifs is 1. The van der Waals surface area contributed by atoms with Gasteiger partial charge in [0.2, 0.25) is 0 Å². The lowest BCUT2D eigenvalue weighted by Gasteiger charge is -2.53. The molecule has 33 heavy (non-hydrogen) atoms. The zero-order valence-corrected chi connectivity index (χ0v) is 19.4. The van der Waals surface area contributed by atoms with Crippen LogP contribution in [0.5, 0.6) is 5.75 Å². The zero-order chi connectivity index (χ0) is 23.1. The number of hydrogen-bond donors (Lipinski definition) is 2. The molecule has 0 amide bonds. The number of methoxy groups -OCH3 is 1. The van der Waals surface area contributed by atoms with E-state index in [1.54, 1.807) is 7.11 Å². The molecule has 2 fully saturated rings. The Morgan fingerprint density at radius 2 is 1.48 bits per heavy atom. The van der Waals surface area contributed by atoms with Gasteiger partial charge in [0, 0.05) is 31.1 Å². The van der Waals surface area contributed by atoms with Gasteiger partial charge in [0.25, 0.3) is 0 Å². The fraction of sp³-hybridized carbons (Fsp3) is 0.379. The van der Waals surface area contributed by atoms with Gasteiger partial charge in [-0.15, -0.1) is 0 Å². The maximum atomic E-state index is 12.3. The van der Waals surface area contributed by atoms with E-state index in [1.807, 2.05) is 36.4 Å². The van der Waals surface area contributed by atoms with Crippen LogP contribution in [0.4, 0.5) is 0 Å². The van der Waals surface area contributed by atoms with E-state index >= 15 is 0 Å². The highest BCUT2D eigenvalue weighted by molar-refractivity contribution is 5.42. The summed E-state index contributed by atoms with van der Waals surface area (Å²) in [7, 11) is 1.62. The van der Waals surface area contributed by atoms with Crippen molar-refractivity contribution in [3.63, 3.8) is 0 Å². The van der Waals surface area contributed by atoms with Crippen LogP contribution in [-0.2, 0) is 17.6 Å². The average Bonchev–Trinajstić information content (AvgIpc) is 3.29. The predicted molar refractivity (Wildman–Crippen MR) is 130 cm³/mol. The normalized spacial score (nSPS) is 31.8. The number of rotatable bonds is 5. The minimum absolute atomic E-state index is 0.133. The Kier molecular flexibility index (Phi) is 5.77. The van der Waals surface area contributed by atoms with Crippen molar-refractivity contribution >= 4 is 0 Å². The summed E-state index contributed by atoms with van der Waals surface area (Å²) in [5.74, 6) is 0.677. The van der Waals surface area contributed by atoms with Crippen LogP contribution in [-0.4, -0.2) is 41.4 Å². The summed E-state index contributed by atoms with van der Waals surface area (Å²) in [5.41, 5.74) is 1.55. The first-order chi connectivity index (χ1) is 16.0. The Morgan fingerprint density at radius 3 is 2.18 bits per heavy atom. The number of hydrogen-bond acceptors (Lipinski definition) is 4. The highest BCUT2D eigenvalue weighted by Crippen LogP contribution is 2.57. The number of aliphatic hydroxyl groups is 2. The lowest BCUT2D eigenvalue weighted by atomic mass is 9.53. The smallest absolute Gasteiger partial charge is 0.125 e. The third kappa shape index (κ3) is 3.67. The number of aliphatic hydroxyl groups excluding tert-OH is 1. The largest absolute Gasteiger partial charge is 0.496 e. The van der Waals surface area contributed by atoms with Crippen molar-refractivity contribution in [1.29, 1.82) is 0 Å². The van der Waals surface area contributed by atoms with Crippen molar-refractivity contribution in [3.8, 4) is 5.75 Å². The van der Waals surface area contributed by atoms with Crippen LogP contribution in [0.2, 0.25) is 0 Å². The second-order valence-electron chi connectivity index (χ2n) is 9.92. The molecule has 1 aliphatic heterocycles. The Balaban J connectivity index is 1.59. The molecule has 0 bridgehead atoms. The molecule has 1 saturated carbocycles. The molecule has 1 aliphatic carbocycles. The van der Waals surface area contributed by atoms with E-state index in [-0.39, 0.29) is 17.3 Å². The maximum absolute atomic E-state index is 12.3. The zero-order valence-electron chi connectivity index (χ0n) is 19.4. The molecule has 5 unspecified atom stereocenters. The average molecular weight is 444 g/mol. The van der Waals surface area contributed by atoms with Crippen molar-refractivity contribution in [2.24, 2.45) is 11.8 Å². The summed E-state index contributed by atoms with van der Waals surface area (Å²) in [4.78, 5) is 2.43. The molecule has 0 radical (unpaired) electrons. The molecule has 5 rings (SSSR count). The van der Waals surface area contributed by atoms with E-state index in [1.165, 1.54) is 11.1 Å². The third-order valence-electron chi connectivity index (χ3n) is 8.13. The molecule has 1 saturated heterocycles. The van der Waals surface area contributed by atoms with Crippen molar-refractivity contribution in [2.45, 2.75) is 37.0 Å². The van der Waals surface area contributed by atoms with E-state index < -0.39 is 11.7 Å². The minimum Gasteiger partial charge on any atom is -0.496 e. The molecule has 2 aliphatic rings. The number of benzene rings is 3. The summed E-state index contributed by atoms with van der Waals surface area (Å²) in [5, 5.41) is 23.9. The number of nitrogens with zero attached hydrogens (tertiary/aromatic N) is 1. The van der Waals surface area contributed by atoms with Gasteiger partial charge in [-0.3, -0.25) is 4.90 Å². The van der Waals surface area contributed by atoms with Crippen LogP contribution >= 0.6 is 0 Å². The first-order valence-electron chi connectivity index (χ1n) is 11.8. The Morgan fingerprint density at radius 1 is 0.879 bits per heavy atom. The fourth-order valence-electron chi connectivity index (χ4n) is 6.41. The topological polar surface area (TPSA) is 52.9 Å². The van der Waals surface area contributed by atoms with Gasteiger partial charge >= 0.3 is 0 Å². The van der Waals surface area contributed by atoms with Gasteiger partial charge in [0.15, 0.2) is 0 Å². The molecule has 4 nitrogen and oxygen atoms in total. The van der Waals surface area contributed by atoms with Gasteiger partial charge in [-0.05, 0) is 34.9 Å². The molecule has 0 spiro atoms. The van der Waals surface area contributed by atoms with E-state index in [2.05, 4.69) is 60.4 Å². The van der Waals surface area contributed by atoms with Crippen LogP contribution in [0.25, 0.3) is 0 Å². The number of likely N-dealkylation sites (tertiary alicyclic amines) is 1. The van der Waals surface area contributed by atoms with E-state index in [4.69, 9.17) is 4.74 Å². The Hall–Kier alpha value is -2.66. The van der Waals surface area contributed by atoms with Gasteiger partial charge in [0.05, 0.1) is 13.2 Å². The lowest BCUT2D eigenvalue weighted by Crippen LogP contribution is -2.59. The molecule has 2 N–H and O–H groups in total. The van der Waals surface area contributed by atoms with Gasteiger partial charge in [-0.1, -0.05) is 85.8 Å². The molecule has 3 aromatic rings. The molecular formula is C29H33NO3. The second-order valence-corrected chi connectivity index (χ2v) is 9.92. The van der Waals surface area contributed by atoms with E-state index in [0.29, 0.717) is 24.3 Å². The van der Waals surface area contributed by atoms with E-state index in [9.17, 15) is 10.2 Å². The van der Waals surface area contributed by atoms with Crippen LogP contribution in [0.15, 0.2) is 84.9 Å². The predicted octanol–water partition coefficient (Wildman–Crippen LogP) is 4.35. The molecule has 3 aromatic carbocycles. The summed E-state index contributed by atoms with van der Waals surface area (Å²) in [6.07, 6.45) is -0.414. The molecule has 0 aromatic heterocycles. The van der Waals surface area contributed by atoms with E-state index in [0.717, 1.165) is 13.1 Å². The van der Waals surface area contributed by atoms with Crippen LogP contribution < -0.4 is 4.74 Å². The van der Waals surface area contributed by atoms with Crippen LogP contribution in [0.1, 0.15) is 30.0 Å². The summed E-state index contributed by atoms with van der Waals surface area (Å²) >= 11 is 0. The molecule has 172 valence electrons. The maximum Gasteiger partial charge on any atom is 0.125 e. The lowest BCUT2D eigenvalue weighted by molar-refractivity contribution is -0.171. The monoisotopic (exact) mass is 443 g/mol. The molecule has 5 atom stereocenters.